The first kappa shape index (κ1) is 33.7. The standard InChI is InChI=1S/C37H42ClF2NO6/c1-23-11-13-25(14-12-23)41-22-37(24-8-4-3-5-9-24)21-27-30(47-37)20-28(39)34(38)32(27)33-26(36(42)43-2)15-16-29(35(33)40)44-18-19-46-31-10-6-7-17-45-31/h3-5,8-9,15-16,20,23,25,31,41H,6-7,10-14,17-19,21-22H2,1-2H3/t23?,25?,31?,37-/m1/s1. The van der Waals surface area contributed by atoms with Gasteiger partial charge in [0.05, 0.1) is 24.3 Å². The van der Waals surface area contributed by atoms with Gasteiger partial charge >= 0.3 is 5.97 Å². The Balaban J connectivity index is 1.35. The van der Waals surface area contributed by atoms with Crippen LogP contribution in [0.4, 0.5) is 8.78 Å². The van der Waals surface area contributed by atoms with Gasteiger partial charge in [-0.1, -0.05) is 48.9 Å². The van der Waals surface area contributed by atoms with Crippen molar-refractivity contribution < 1.29 is 37.3 Å². The van der Waals surface area contributed by atoms with Crippen LogP contribution in [0.15, 0.2) is 48.5 Å². The molecule has 0 bridgehead atoms. The molecule has 1 aliphatic carbocycles. The van der Waals surface area contributed by atoms with Crippen LogP contribution in [0.1, 0.15) is 73.4 Å². The average molecular weight is 670 g/mol. The molecule has 1 saturated heterocycles. The predicted octanol–water partition coefficient (Wildman–Crippen LogP) is 7.99. The Morgan fingerprint density at radius 2 is 1.81 bits per heavy atom. The number of fused-ring (bicyclic) bond motifs is 1. The summed E-state index contributed by atoms with van der Waals surface area (Å²) in [5.74, 6) is -1.63. The largest absolute Gasteiger partial charge is 0.488 e. The summed E-state index contributed by atoms with van der Waals surface area (Å²) in [6.45, 7) is 3.58. The Labute approximate surface area is 279 Å². The number of benzene rings is 3. The van der Waals surface area contributed by atoms with Gasteiger partial charge in [-0.3, -0.25) is 0 Å². The molecule has 1 unspecified atom stereocenters. The molecule has 2 heterocycles. The zero-order chi connectivity index (χ0) is 33.0. The van der Waals surface area contributed by atoms with Gasteiger partial charge in [-0.25, -0.2) is 13.6 Å². The van der Waals surface area contributed by atoms with Gasteiger partial charge < -0.3 is 29.0 Å². The van der Waals surface area contributed by atoms with E-state index in [1.165, 1.54) is 25.3 Å². The summed E-state index contributed by atoms with van der Waals surface area (Å²) in [6.07, 6.45) is 7.17. The van der Waals surface area contributed by atoms with Crippen LogP contribution in [-0.4, -0.2) is 51.8 Å². The molecule has 6 rings (SSSR count). The minimum atomic E-state index is -0.924. The molecule has 1 N–H and O–H groups in total. The van der Waals surface area contributed by atoms with E-state index >= 15 is 8.78 Å². The Morgan fingerprint density at radius 3 is 2.53 bits per heavy atom. The molecule has 3 aromatic rings. The van der Waals surface area contributed by atoms with Crippen molar-refractivity contribution in [2.75, 3.05) is 33.5 Å². The zero-order valence-electron chi connectivity index (χ0n) is 26.9. The van der Waals surface area contributed by atoms with Gasteiger partial charge in [-0.15, -0.1) is 0 Å². The highest BCUT2D eigenvalue weighted by Gasteiger charge is 2.44. The monoisotopic (exact) mass is 669 g/mol. The third-order valence-electron chi connectivity index (χ3n) is 9.59. The van der Waals surface area contributed by atoms with Crippen molar-refractivity contribution in [3.8, 4) is 22.6 Å². The molecule has 0 amide bonds. The number of halogens is 3. The SMILES string of the molecule is COC(=O)c1ccc(OCCOC2CCCCO2)c(F)c1-c1c(Cl)c(F)cc2c1C[C@@](CNC1CCC(C)CC1)(c1ccccc1)O2. The summed E-state index contributed by atoms with van der Waals surface area (Å²) in [5, 5.41) is 3.40. The molecule has 0 radical (unpaired) electrons. The lowest BCUT2D eigenvalue weighted by molar-refractivity contribution is -0.165. The van der Waals surface area contributed by atoms with E-state index in [1.807, 2.05) is 30.3 Å². The fourth-order valence-electron chi connectivity index (χ4n) is 6.94. The molecule has 47 heavy (non-hydrogen) atoms. The maximum absolute atomic E-state index is 16.6. The molecule has 2 atom stereocenters. The second kappa shape index (κ2) is 14.9. The normalized spacial score (nSPS) is 24.0. The maximum Gasteiger partial charge on any atom is 0.338 e. The van der Waals surface area contributed by atoms with Crippen molar-refractivity contribution in [2.24, 2.45) is 5.92 Å². The summed E-state index contributed by atoms with van der Waals surface area (Å²) >= 11 is 6.68. The molecule has 7 nitrogen and oxygen atoms in total. The highest BCUT2D eigenvalue weighted by atomic mass is 35.5. The Bertz CT molecular complexity index is 1560. The van der Waals surface area contributed by atoms with Crippen LogP contribution in [0.3, 0.4) is 0 Å². The van der Waals surface area contributed by atoms with E-state index in [4.69, 9.17) is 35.3 Å². The number of ether oxygens (including phenoxy) is 5. The van der Waals surface area contributed by atoms with Crippen molar-refractivity contribution in [3.63, 3.8) is 0 Å². The molecule has 2 fully saturated rings. The van der Waals surface area contributed by atoms with E-state index in [-0.39, 0.29) is 59.1 Å². The molecule has 10 heteroatoms. The molecular weight excluding hydrogens is 628 g/mol. The molecule has 3 aliphatic rings. The zero-order valence-corrected chi connectivity index (χ0v) is 27.7. The van der Waals surface area contributed by atoms with Gasteiger partial charge in [-0.05, 0) is 68.6 Å². The van der Waals surface area contributed by atoms with E-state index in [0.717, 1.165) is 50.5 Å². The number of methoxy groups -OCH3 is 1. The van der Waals surface area contributed by atoms with E-state index in [1.54, 1.807) is 0 Å². The van der Waals surface area contributed by atoms with Crippen LogP contribution in [0, 0.1) is 17.6 Å². The van der Waals surface area contributed by atoms with Crippen LogP contribution in [0.25, 0.3) is 11.1 Å². The van der Waals surface area contributed by atoms with E-state index in [9.17, 15) is 4.79 Å². The lowest BCUT2D eigenvalue weighted by Crippen LogP contribution is -2.46. The third kappa shape index (κ3) is 7.28. The van der Waals surface area contributed by atoms with Gasteiger partial charge in [0.1, 0.15) is 18.2 Å². The summed E-state index contributed by atoms with van der Waals surface area (Å²) in [6, 6.07) is 14.1. The average Bonchev–Trinajstić information content (AvgIpc) is 3.47. The van der Waals surface area contributed by atoms with Crippen LogP contribution in [0.2, 0.25) is 5.02 Å². The lowest BCUT2D eigenvalue weighted by Gasteiger charge is -2.34. The molecule has 2 aliphatic heterocycles. The number of carbonyl (C=O) groups excluding carboxylic acids is 1. The van der Waals surface area contributed by atoms with Crippen LogP contribution < -0.4 is 14.8 Å². The van der Waals surface area contributed by atoms with E-state index < -0.39 is 23.2 Å². The third-order valence-corrected chi connectivity index (χ3v) is 9.96. The first-order valence-corrected chi connectivity index (χ1v) is 16.9. The van der Waals surface area contributed by atoms with Crippen molar-refractivity contribution in [2.45, 2.75) is 76.2 Å². The highest BCUT2D eigenvalue weighted by Crippen LogP contribution is 2.51. The smallest absolute Gasteiger partial charge is 0.338 e. The second-order valence-electron chi connectivity index (χ2n) is 12.8. The van der Waals surface area contributed by atoms with Crippen molar-refractivity contribution in [1.29, 1.82) is 0 Å². The number of hydrogen-bond donors (Lipinski definition) is 1. The minimum absolute atomic E-state index is 0.0363. The first-order valence-electron chi connectivity index (χ1n) is 16.6. The van der Waals surface area contributed by atoms with Crippen molar-refractivity contribution in [1.82, 2.24) is 5.32 Å². The topological polar surface area (TPSA) is 75.3 Å². The van der Waals surface area contributed by atoms with Gasteiger partial charge in [0, 0.05) is 48.4 Å². The van der Waals surface area contributed by atoms with Crippen molar-refractivity contribution in [3.05, 3.63) is 81.9 Å². The Hall–Kier alpha value is -3.24. The van der Waals surface area contributed by atoms with Crippen LogP contribution >= 0.6 is 11.6 Å². The molecule has 0 aromatic heterocycles. The fourth-order valence-corrected chi connectivity index (χ4v) is 7.21. The first-order chi connectivity index (χ1) is 22.8. The van der Waals surface area contributed by atoms with Crippen LogP contribution in [0.5, 0.6) is 11.5 Å². The molecule has 1 saturated carbocycles. The predicted molar refractivity (Wildman–Crippen MR) is 175 cm³/mol. The number of hydrogen-bond acceptors (Lipinski definition) is 7. The van der Waals surface area contributed by atoms with Gasteiger partial charge in [0.25, 0.3) is 0 Å². The maximum atomic E-state index is 16.6. The molecule has 0 spiro atoms. The number of rotatable bonds is 11. The quantitative estimate of drug-likeness (QED) is 0.164. The Morgan fingerprint density at radius 1 is 1.02 bits per heavy atom. The molecule has 252 valence electrons. The lowest BCUT2D eigenvalue weighted by atomic mass is 9.84. The summed E-state index contributed by atoms with van der Waals surface area (Å²) in [4.78, 5) is 13.0. The summed E-state index contributed by atoms with van der Waals surface area (Å²) < 4.78 is 61.0. The summed E-state index contributed by atoms with van der Waals surface area (Å²) in [5.41, 5.74) is 0.203. The Kier molecular flexibility index (Phi) is 10.7. The molecule has 3 aromatic carbocycles. The number of carbonyl (C=O) groups is 1. The minimum Gasteiger partial charge on any atom is -0.488 e. The van der Waals surface area contributed by atoms with Crippen LogP contribution in [-0.2, 0) is 26.2 Å². The molecular formula is C37H42ClF2NO6. The highest BCUT2D eigenvalue weighted by molar-refractivity contribution is 6.34. The number of nitrogens with one attached hydrogen (secondary N) is 1. The van der Waals surface area contributed by atoms with Crippen molar-refractivity contribution >= 4 is 17.6 Å². The second-order valence-corrected chi connectivity index (χ2v) is 13.2. The number of esters is 1. The van der Waals surface area contributed by atoms with Gasteiger partial charge in [-0.2, -0.15) is 0 Å². The van der Waals surface area contributed by atoms with Gasteiger partial charge in [0.15, 0.2) is 23.5 Å². The van der Waals surface area contributed by atoms with E-state index in [0.29, 0.717) is 30.7 Å². The summed E-state index contributed by atoms with van der Waals surface area (Å²) in [7, 11) is 1.21. The fraction of sp³-hybridized carbons (Fsp3) is 0.486. The van der Waals surface area contributed by atoms with E-state index in [2.05, 4.69) is 12.2 Å². The van der Waals surface area contributed by atoms with Gasteiger partial charge in [0.2, 0.25) is 0 Å².